The molecule has 6 nitrogen and oxygen atoms in total. The number of aliphatic hydroxyl groups is 1. The number of aryl methyl sites for hydroxylation is 2. The maximum Gasteiger partial charge on any atom is 0.257 e. The van der Waals surface area contributed by atoms with Gasteiger partial charge in [-0.05, 0) is 32.8 Å². The fraction of sp³-hybridized carbons (Fsp3) is 0.533. The molecular weight excluding hydrogens is 268 g/mol. The predicted molar refractivity (Wildman–Crippen MR) is 78.2 cm³/mol. The molecule has 2 aromatic rings. The number of aromatic nitrogens is 3. The van der Waals surface area contributed by atoms with Gasteiger partial charge >= 0.3 is 0 Å². The molecule has 1 fully saturated rings. The first-order chi connectivity index (χ1) is 10.1. The van der Waals surface area contributed by atoms with Crippen molar-refractivity contribution in [2.45, 2.75) is 51.7 Å². The van der Waals surface area contributed by atoms with Crippen LogP contribution >= 0.6 is 0 Å². The third-order valence-electron chi connectivity index (χ3n) is 4.07. The summed E-state index contributed by atoms with van der Waals surface area (Å²) >= 11 is 0. The Morgan fingerprint density at radius 3 is 2.90 bits per heavy atom. The number of nitrogens with one attached hydrogen (secondary N) is 1. The van der Waals surface area contributed by atoms with Gasteiger partial charge < -0.3 is 10.4 Å². The van der Waals surface area contributed by atoms with Crippen molar-refractivity contribution in [2.24, 2.45) is 0 Å². The summed E-state index contributed by atoms with van der Waals surface area (Å²) in [5.74, 6) is -0.214. The van der Waals surface area contributed by atoms with E-state index in [0.717, 1.165) is 37.1 Å². The highest BCUT2D eigenvalue weighted by Gasteiger charge is 2.26. The molecule has 0 unspecified atom stereocenters. The van der Waals surface area contributed by atoms with Crippen molar-refractivity contribution in [3.05, 3.63) is 29.2 Å². The molecule has 2 heterocycles. The molecule has 3 rings (SSSR count). The molecule has 112 valence electrons. The quantitative estimate of drug-likeness (QED) is 0.875. The molecule has 1 aliphatic rings. The lowest BCUT2D eigenvalue weighted by Gasteiger charge is -2.28. The highest BCUT2D eigenvalue weighted by molar-refractivity contribution is 5.99. The largest absolute Gasteiger partial charge is 0.391 e. The Labute approximate surface area is 123 Å². The summed E-state index contributed by atoms with van der Waals surface area (Å²) in [5.41, 5.74) is 2.82. The van der Waals surface area contributed by atoms with E-state index in [2.05, 4.69) is 15.4 Å². The van der Waals surface area contributed by atoms with Crippen molar-refractivity contribution in [1.29, 1.82) is 0 Å². The zero-order chi connectivity index (χ0) is 15.0. The third-order valence-corrected chi connectivity index (χ3v) is 4.07. The Morgan fingerprint density at radius 1 is 1.38 bits per heavy atom. The molecule has 1 amide bonds. The Morgan fingerprint density at radius 2 is 2.14 bits per heavy atom. The van der Waals surface area contributed by atoms with E-state index < -0.39 is 6.10 Å². The second kappa shape index (κ2) is 5.44. The summed E-state index contributed by atoms with van der Waals surface area (Å²) in [6, 6.07) is 1.75. The number of nitrogens with zero attached hydrogens (tertiary/aromatic N) is 3. The van der Waals surface area contributed by atoms with Crippen LogP contribution in [0.3, 0.4) is 0 Å². The molecule has 1 saturated carbocycles. The number of rotatable bonds is 2. The highest BCUT2D eigenvalue weighted by atomic mass is 16.3. The summed E-state index contributed by atoms with van der Waals surface area (Å²) in [7, 11) is 0. The molecule has 21 heavy (non-hydrogen) atoms. The molecule has 0 bridgehead atoms. The van der Waals surface area contributed by atoms with Gasteiger partial charge in [0.2, 0.25) is 0 Å². The minimum absolute atomic E-state index is 0.174. The van der Waals surface area contributed by atoms with Crippen LogP contribution < -0.4 is 5.32 Å². The van der Waals surface area contributed by atoms with Crippen LogP contribution in [0.2, 0.25) is 0 Å². The van der Waals surface area contributed by atoms with E-state index in [9.17, 15) is 9.90 Å². The molecule has 0 aliphatic heterocycles. The van der Waals surface area contributed by atoms with Gasteiger partial charge in [0, 0.05) is 11.4 Å². The van der Waals surface area contributed by atoms with E-state index in [1.54, 1.807) is 10.7 Å². The van der Waals surface area contributed by atoms with Gasteiger partial charge in [-0.25, -0.2) is 9.50 Å². The zero-order valence-electron chi connectivity index (χ0n) is 12.3. The van der Waals surface area contributed by atoms with Gasteiger partial charge in [0.15, 0.2) is 5.65 Å². The first-order valence-corrected chi connectivity index (χ1v) is 7.37. The van der Waals surface area contributed by atoms with Crippen molar-refractivity contribution in [1.82, 2.24) is 19.9 Å². The molecule has 1 aliphatic carbocycles. The minimum Gasteiger partial charge on any atom is -0.391 e. The van der Waals surface area contributed by atoms with Crippen LogP contribution in [0.5, 0.6) is 0 Å². The average Bonchev–Trinajstić information content (AvgIpc) is 2.85. The smallest absolute Gasteiger partial charge is 0.257 e. The maximum atomic E-state index is 12.4. The number of hydrogen-bond donors (Lipinski definition) is 2. The second-order valence-corrected chi connectivity index (χ2v) is 5.76. The standard InChI is InChI=1S/C15H20N4O2/c1-9-7-10(2)19-14(17-9)11(8-16-19)15(21)18-12-5-3-4-6-13(12)20/h7-8,12-13,20H,3-6H2,1-2H3,(H,18,21)/t12-,13-/m0/s1. The van der Waals surface area contributed by atoms with Gasteiger partial charge in [0.1, 0.15) is 5.56 Å². The molecule has 2 aromatic heterocycles. The summed E-state index contributed by atoms with van der Waals surface area (Å²) in [5, 5.41) is 17.1. The van der Waals surface area contributed by atoms with Crippen molar-refractivity contribution in [3.63, 3.8) is 0 Å². The molecule has 2 N–H and O–H groups in total. The van der Waals surface area contributed by atoms with Gasteiger partial charge in [-0.15, -0.1) is 0 Å². The van der Waals surface area contributed by atoms with Crippen LogP contribution in [0.15, 0.2) is 12.3 Å². The van der Waals surface area contributed by atoms with E-state index >= 15 is 0 Å². The zero-order valence-corrected chi connectivity index (χ0v) is 12.3. The maximum absolute atomic E-state index is 12.4. The minimum atomic E-state index is -0.457. The molecule has 0 saturated heterocycles. The van der Waals surface area contributed by atoms with Crippen LogP contribution in [0.25, 0.3) is 5.65 Å². The molecular formula is C15H20N4O2. The van der Waals surface area contributed by atoms with E-state index in [0.29, 0.717) is 11.2 Å². The number of carbonyl (C=O) groups is 1. The van der Waals surface area contributed by atoms with Gasteiger partial charge in [-0.3, -0.25) is 4.79 Å². The number of hydrogen-bond acceptors (Lipinski definition) is 4. The lowest BCUT2D eigenvalue weighted by atomic mass is 9.92. The van der Waals surface area contributed by atoms with Crippen LogP contribution in [-0.2, 0) is 0 Å². The van der Waals surface area contributed by atoms with Crippen molar-refractivity contribution < 1.29 is 9.90 Å². The van der Waals surface area contributed by atoms with Gasteiger partial charge in [0.25, 0.3) is 5.91 Å². The Balaban J connectivity index is 1.88. The number of fused-ring (bicyclic) bond motifs is 1. The van der Waals surface area contributed by atoms with Crippen LogP contribution in [0.1, 0.15) is 47.4 Å². The van der Waals surface area contributed by atoms with E-state index in [1.807, 2.05) is 19.9 Å². The predicted octanol–water partition coefficient (Wildman–Crippen LogP) is 1.38. The van der Waals surface area contributed by atoms with Crippen LogP contribution in [0, 0.1) is 13.8 Å². The number of carbonyl (C=O) groups excluding carboxylic acids is 1. The van der Waals surface area contributed by atoms with Crippen LogP contribution in [0.4, 0.5) is 0 Å². The third kappa shape index (κ3) is 2.63. The summed E-state index contributed by atoms with van der Waals surface area (Å²) in [4.78, 5) is 16.8. The summed E-state index contributed by atoms with van der Waals surface area (Å²) in [6.45, 7) is 3.83. The topological polar surface area (TPSA) is 79.5 Å². The van der Waals surface area contributed by atoms with Crippen molar-refractivity contribution in [2.75, 3.05) is 0 Å². The van der Waals surface area contributed by atoms with Crippen molar-refractivity contribution in [3.8, 4) is 0 Å². The van der Waals surface area contributed by atoms with Gasteiger partial charge in [-0.1, -0.05) is 12.8 Å². The molecule has 0 spiro atoms. The van der Waals surface area contributed by atoms with E-state index in [-0.39, 0.29) is 11.9 Å². The fourth-order valence-electron chi connectivity index (χ4n) is 2.96. The van der Waals surface area contributed by atoms with Crippen LogP contribution in [-0.4, -0.2) is 37.8 Å². The first-order valence-electron chi connectivity index (χ1n) is 7.37. The number of aliphatic hydroxyl groups excluding tert-OH is 1. The lowest BCUT2D eigenvalue weighted by molar-refractivity contribution is 0.0718. The molecule has 6 heteroatoms. The first kappa shape index (κ1) is 14.0. The SMILES string of the molecule is Cc1cc(C)n2ncc(C(=O)N[C@H]3CCCC[C@@H]3O)c2n1. The lowest BCUT2D eigenvalue weighted by Crippen LogP contribution is -2.45. The molecule has 2 atom stereocenters. The summed E-state index contributed by atoms with van der Waals surface area (Å²) in [6.07, 6.45) is 4.70. The van der Waals surface area contributed by atoms with Crippen molar-refractivity contribution >= 4 is 11.6 Å². The molecule has 0 radical (unpaired) electrons. The Kier molecular flexibility index (Phi) is 3.63. The fourth-order valence-corrected chi connectivity index (χ4v) is 2.96. The number of amides is 1. The second-order valence-electron chi connectivity index (χ2n) is 5.76. The monoisotopic (exact) mass is 288 g/mol. The summed E-state index contributed by atoms with van der Waals surface area (Å²) < 4.78 is 1.67. The van der Waals surface area contributed by atoms with Gasteiger partial charge in [-0.2, -0.15) is 5.10 Å². The molecule has 0 aromatic carbocycles. The highest BCUT2D eigenvalue weighted by Crippen LogP contribution is 2.19. The van der Waals surface area contributed by atoms with Gasteiger partial charge in [0.05, 0.1) is 18.3 Å². The normalized spacial score (nSPS) is 22.4. The Hall–Kier alpha value is -1.95. The van der Waals surface area contributed by atoms with E-state index in [4.69, 9.17) is 0 Å². The Bertz CT molecular complexity index is 680. The average molecular weight is 288 g/mol. The van der Waals surface area contributed by atoms with E-state index in [1.165, 1.54) is 0 Å².